The maximum absolute atomic E-state index is 12.6. The third kappa shape index (κ3) is 7.51. The minimum absolute atomic E-state index is 0.177. The maximum Gasteiger partial charge on any atom is 0.343 e. The number of nitrogens with one attached hydrogen (secondary N) is 2. The van der Waals surface area contributed by atoms with E-state index < -0.39 is 17.9 Å². The molecular formula is C24H29N3O7. The van der Waals surface area contributed by atoms with Gasteiger partial charge in [-0.1, -0.05) is 13.8 Å². The van der Waals surface area contributed by atoms with Gasteiger partial charge in [-0.2, -0.15) is 5.10 Å². The molecule has 2 amide bonds. The summed E-state index contributed by atoms with van der Waals surface area (Å²) < 4.78 is 20.3. The van der Waals surface area contributed by atoms with Gasteiger partial charge in [0.1, 0.15) is 11.8 Å². The van der Waals surface area contributed by atoms with E-state index in [9.17, 15) is 14.4 Å². The van der Waals surface area contributed by atoms with Gasteiger partial charge in [0, 0.05) is 5.56 Å². The predicted octanol–water partition coefficient (Wildman–Crippen LogP) is 2.16. The van der Waals surface area contributed by atoms with Crippen molar-refractivity contribution in [1.29, 1.82) is 0 Å². The molecule has 0 aliphatic rings. The van der Waals surface area contributed by atoms with Gasteiger partial charge >= 0.3 is 5.97 Å². The van der Waals surface area contributed by atoms with Crippen molar-refractivity contribution in [2.24, 2.45) is 11.0 Å². The number of hydrogen-bond acceptors (Lipinski definition) is 8. The van der Waals surface area contributed by atoms with Crippen molar-refractivity contribution in [2.75, 3.05) is 27.9 Å². The van der Waals surface area contributed by atoms with Crippen LogP contribution >= 0.6 is 0 Å². The number of methoxy groups -OCH3 is 3. The van der Waals surface area contributed by atoms with E-state index in [4.69, 9.17) is 14.2 Å². The van der Waals surface area contributed by atoms with Crippen LogP contribution in [0.4, 0.5) is 0 Å². The third-order valence-corrected chi connectivity index (χ3v) is 4.74. The zero-order valence-corrected chi connectivity index (χ0v) is 19.8. The second-order valence-electron chi connectivity index (χ2n) is 7.43. The maximum atomic E-state index is 12.6. The van der Waals surface area contributed by atoms with Crippen molar-refractivity contribution in [3.05, 3.63) is 53.6 Å². The van der Waals surface area contributed by atoms with Crippen LogP contribution in [0.1, 0.15) is 29.8 Å². The van der Waals surface area contributed by atoms with Crippen molar-refractivity contribution < 1.29 is 33.3 Å². The minimum Gasteiger partial charge on any atom is -0.497 e. The normalized spacial score (nSPS) is 11.6. The number of hydrogen-bond donors (Lipinski definition) is 2. The topological polar surface area (TPSA) is 125 Å². The smallest absolute Gasteiger partial charge is 0.343 e. The molecule has 0 spiro atoms. The number of amides is 2. The molecule has 0 radical (unpaired) electrons. The fourth-order valence-electron chi connectivity index (χ4n) is 2.82. The Hall–Kier alpha value is -4.08. The molecule has 0 fully saturated rings. The average Bonchev–Trinajstić information content (AvgIpc) is 2.85. The summed E-state index contributed by atoms with van der Waals surface area (Å²) in [5, 5.41) is 6.71. The van der Waals surface area contributed by atoms with E-state index in [1.54, 1.807) is 42.5 Å². The van der Waals surface area contributed by atoms with Gasteiger partial charge in [-0.05, 0) is 53.9 Å². The van der Waals surface area contributed by atoms with Gasteiger partial charge in [0.25, 0.3) is 11.8 Å². The van der Waals surface area contributed by atoms with Gasteiger partial charge in [-0.25, -0.2) is 10.2 Å². The molecule has 2 N–H and O–H groups in total. The summed E-state index contributed by atoms with van der Waals surface area (Å²) in [5.74, 6) is -0.172. The van der Waals surface area contributed by atoms with Gasteiger partial charge in [0.15, 0.2) is 18.1 Å². The average molecular weight is 472 g/mol. The lowest BCUT2D eigenvalue weighted by atomic mass is 10.0. The van der Waals surface area contributed by atoms with Gasteiger partial charge in [0.05, 0.1) is 27.5 Å². The molecule has 0 heterocycles. The van der Waals surface area contributed by atoms with Gasteiger partial charge in [-0.3, -0.25) is 9.59 Å². The predicted molar refractivity (Wildman–Crippen MR) is 125 cm³/mol. The standard InChI is InChI=1S/C24H29N3O7/c1-15(2)22(26-23(29)17-7-9-18(31-3)10-8-17)24(30)27-25-13-16-6-11-19(20(12-16)32-4)34-14-21(28)33-5/h6-13,15,22H,14H2,1-5H3,(H,26,29)(H,27,30). The van der Waals surface area contributed by atoms with Crippen LogP contribution in [0.2, 0.25) is 0 Å². The molecule has 0 aliphatic heterocycles. The van der Waals surface area contributed by atoms with Crippen LogP contribution in [-0.2, 0) is 14.3 Å². The van der Waals surface area contributed by atoms with E-state index in [2.05, 4.69) is 20.6 Å². The fraction of sp³-hybridized carbons (Fsp3) is 0.333. The van der Waals surface area contributed by atoms with E-state index in [0.29, 0.717) is 28.4 Å². The van der Waals surface area contributed by atoms with Crippen LogP contribution < -0.4 is 25.0 Å². The largest absolute Gasteiger partial charge is 0.497 e. The van der Waals surface area contributed by atoms with Crippen LogP contribution in [0.5, 0.6) is 17.2 Å². The number of rotatable bonds is 11. The number of carbonyl (C=O) groups excluding carboxylic acids is 3. The highest BCUT2D eigenvalue weighted by molar-refractivity contribution is 5.97. The quantitative estimate of drug-likeness (QED) is 0.292. The molecule has 0 aromatic heterocycles. The first-order chi connectivity index (χ1) is 16.3. The lowest BCUT2D eigenvalue weighted by molar-refractivity contribution is -0.142. The van der Waals surface area contributed by atoms with Crippen LogP contribution in [-0.4, -0.2) is 58.0 Å². The molecule has 1 unspecified atom stereocenters. The van der Waals surface area contributed by atoms with Gasteiger partial charge in [-0.15, -0.1) is 0 Å². The van der Waals surface area contributed by atoms with Crippen molar-refractivity contribution in [3.63, 3.8) is 0 Å². The van der Waals surface area contributed by atoms with E-state index in [0.717, 1.165) is 0 Å². The lowest BCUT2D eigenvalue weighted by Gasteiger charge is -2.20. The molecule has 10 heteroatoms. The van der Waals surface area contributed by atoms with E-state index >= 15 is 0 Å². The Morgan fingerprint density at radius 3 is 2.26 bits per heavy atom. The first-order valence-electron chi connectivity index (χ1n) is 10.4. The molecule has 0 bridgehead atoms. The van der Waals surface area contributed by atoms with Gasteiger partial charge < -0.3 is 24.3 Å². The lowest BCUT2D eigenvalue weighted by Crippen LogP contribution is -2.48. The highest BCUT2D eigenvalue weighted by atomic mass is 16.6. The molecule has 10 nitrogen and oxygen atoms in total. The Kier molecular flexibility index (Phi) is 9.88. The summed E-state index contributed by atoms with van der Waals surface area (Å²) in [5.41, 5.74) is 3.47. The zero-order chi connectivity index (χ0) is 25.1. The number of benzene rings is 2. The van der Waals surface area contributed by atoms with E-state index in [1.165, 1.54) is 27.5 Å². The summed E-state index contributed by atoms with van der Waals surface area (Å²) in [6.45, 7) is 3.38. The van der Waals surface area contributed by atoms with Crippen LogP contribution in [0, 0.1) is 5.92 Å². The minimum atomic E-state index is -0.796. The monoisotopic (exact) mass is 471 g/mol. The molecule has 182 valence electrons. The third-order valence-electron chi connectivity index (χ3n) is 4.74. The second kappa shape index (κ2) is 12.8. The highest BCUT2D eigenvalue weighted by Gasteiger charge is 2.24. The Labute approximate surface area is 198 Å². The molecule has 2 aromatic rings. The van der Waals surface area contributed by atoms with E-state index in [-0.39, 0.29) is 18.4 Å². The fourth-order valence-corrected chi connectivity index (χ4v) is 2.82. The summed E-state index contributed by atoms with van der Waals surface area (Å²) in [6.07, 6.45) is 1.42. The first kappa shape index (κ1) is 26.2. The van der Waals surface area contributed by atoms with Crippen LogP contribution in [0.15, 0.2) is 47.6 Å². The Morgan fingerprint density at radius 2 is 1.68 bits per heavy atom. The highest BCUT2D eigenvalue weighted by Crippen LogP contribution is 2.27. The summed E-state index contributed by atoms with van der Waals surface area (Å²) >= 11 is 0. The molecule has 0 aliphatic carbocycles. The number of esters is 1. The molecule has 2 aromatic carbocycles. The first-order valence-corrected chi connectivity index (χ1v) is 10.4. The van der Waals surface area contributed by atoms with Crippen molar-refractivity contribution in [2.45, 2.75) is 19.9 Å². The molecular weight excluding hydrogens is 442 g/mol. The molecule has 34 heavy (non-hydrogen) atoms. The zero-order valence-electron chi connectivity index (χ0n) is 19.8. The summed E-state index contributed by atoms with van der Waals surface area (Å²) in [7, 11) is 4.27. The molecule has 0 saturated heterocycles. The Bertz CT molecular complexity index is 1020. The molecule has 0 saturated carbocycles. The Morgan fingerprint density at radius 1 is 0.971 bits per heavy atom. The summed E-state index contributed by atoms with van der Waals surface area (Å²) in [4.78, 5) is 36.5. The van der Waals surface area contributed by atoms with Crippen molar-refractivity contribution >= 4 is 24.0 Å². The summed E-state index contributed by atoms with van der Waals surface area (Å²) in [6, 6.07) is 10.7. The molecule has 1 atom stereocenters. The van der Waals surface area contributed by atoms with Crippen molar-refractivity contribution in [1.82, 2.24) is 10.7 Å². The number of hydrazone groups is 1. The van der Waals surface area contributed by atoms with E-state index in [1.807, 2.05) is 13.8 Å². The van der Waals surface area contributed by atoms with Crippen LogP contribution in [0.25, 0.3) is 0 Å². The number of ether oxygens (including phenoxy) is 4. The molecule has 2 rings (SSSR count). The number of nitrogens with zero attached hydrogens (tertiary/aromatic N) is 1. The Balaban J connectivity index is 2.01. The van der Waals surface area contributed by atoms with Gasteiger partial charge in [0.2, 0.25) is 0 Å². The second-order valence-corrected chi connectivity index (χ2v) is 7.43. The van der Waals surface area contributed by atoms with Crippen LogP contribution in [0.3, 0.4) is 0 Å². The van der Waals surface area contributed by atoms with Crippen molar-refractivity contribution in [3.8, 4) is 17.2 Å². The SMILES string of the molecule is COC(=O)COc1ccc(C=NNC(=O)C(NC(=O)c2ccc(OC)cc2)C(C)C)cc1OC. The number of carbonyl (C=O) groups is 3.